The predicted molar refractivity (Wildman–Crippen MR) is 117 cm³/mol. The number of carbonyl (C=O) groups is 2. The Hall–Kier alpha value is -4.16. The van der Waals surface area contributed by atoms with Gasteiger partial charge >= 0.3 is 5.97 Å². The zero-order valence-electron chi connectivity index (χ0n) is 17.1. The number of nitriles is 1. The third-order valence-corrected chi connectivity index (χ3v) is 5.04. The molecule has 0 aliphatic heterocycles. The first kappa shape index (κ1) is 22.5. The van der Waals surface area contributed by atoms with Crippen LogP contribution in [0.25, 0.3) is 5.69 Å². The number of rotatable bonds is 6. The number of benzene rings is 2. The molecule has 0 saturated heterocycles. The summed E-state index contributed by atoms with van der Waals surface area (Å²) in [6.45, 7) is 2.86. The molecule has 0 atom stereocenters. The molecule has 32 heavy (non-hydrogen) atoms. The number of nitro benzene ring substituents is 1. The Morgan fingerprint density at radius 1 is 1.22 bits per heavy atom. The molecule has 9 nitrogen and oxygen atoms in total. The minimum Gasteiger partial charge on any atom is -0.452 e. The molecule has 0 aliphatic carbocycles. The van der Waals surface area contributed by atoms with Crippen molar-refractivity contribution in [1.82, 2.24) is 4.57 Å². The zero-order chi connectivity index (χ0) is 23.4. The smallest absolute Gasteiger partial charge is 0.345 e. The summed E-state index contributed by atoms with van der Waals surface area (Å²) < 4.78 is 6.68. The average Bonchev–Trinajstić information content (AvgIpc) is 3.01. The topological polar surface area (TPSA) is 127 Å². The summed E-state index contributed by atoms with van der Waals surface area (Å²) >= 11 is 5.82. The third-order valence-electron chi connectivity index (χ3n) is 4.81. The Kier molecular flexibility index (Phi) is 6.56. The summed E-state index contributed by atoms with van der Waals surface area (Å²) in [5, 5.41) is 23.5. The van der Waals surface area contributed by atoms with Crippen molar-refractivity contribution >= 4 is 35.0 Å². The van der Waals surface area contributed by atoms with Crippen LogP contribution in [-0.2, 0) is 9.53 Å². The summed E-state index contributed by atoms with van der Waals surface area (Å²) in [7, 11) is 0. The van der Waals surface area contributed by atoms with Crippen LogP contribution in [-0.4, -0.2) is 28.0 Å². The van der Waals surface area contributed by atoms with Crippen molar-refractivity contribution in [1.29, 1.82) is 5.26 Å². The van der Waals surface area contributed by atoms with Crippen molar-refractivity contribution in [2.45, 2.75) is 13.8 Å². The second-order valence-electron chi connectivity index (χ2n) is 6.76. The summed E-state index contributed by atoms with van der Waals surface area (Å²) in [4.78, 5) is 35.3. The fourth-order valence-corrected chi connectivity index (χ4v) is 3.34. The summed E-state index contributed by atoms with van der Waals surface area (Å²) in [5.74, 6) is -1.54. The highest BCUT2D eigenvalue weighted by molar-refractivity contribution is 6.31. The van der Waals surface area contributed by atoms with E-state index in [0.29, 0.717) is 5.56 Å². The number of carbonyl (C=O) groups excluding carboxylic acids is 2. The molecule has 0 radical (unpaired) electrons. The van der Waals surface area contributed by atoms with Gasteiger partial charge in [0.1, 0.15) is 17.5 Å². The molecule has 0 fully saturated rings. The van der Waals surface area contributed by atoms with E-state index in [9.17, 15) is 25.0 Å². The lowest BCUT2D eigenvalue weighted by molar-refractivity contribution is -0.385. The first-order valence-electron chi connectivity index (χ1n) is 9.33. The van der Waals surface area contributed by atoms with Gasteiger partial charge in [-0.3, -0.25) is 19.5 Å². The second-order valence-corrected chi connectivity index (χ2v) is 7.20. The van der Waals surface area contributed by atoms with E-state index in [0.717, 1.165) is 23.5 Å². The zero-order valence-corrected chi connectivity index (χ0v) is 17.8. The summed E-state index contributed by atoms with van der Waals surface area (Å²) in [6.07, 6.45) is 0. The van der Waals surface area contributed by atoms with Crippen LogP contribution in [0.4, 0.5) is 11.5 Å². The number of halogens is 1. The Labute approximate surface area is 187 Å². The van der Waals surface area contributed by atoms with Crippen LogP contribution in [0.1, 0.15) is 27.2 Å². The highest BCUT2D eigenvalue weighted by atomic mass is 35.5. The summed E-state index contributed by atoms with van der Waals surface area (Å²) in [6, 6.07) is 14.7. The Morgan fingerprint density at radius 2 is 1.91 bits per heavy atom. The molecule has 1 amide bonds. The lowest BCUT2D eigenvalue weighted by atomic mass is 10.2. The fraction of sp³-hybridized carbons (Fsp3) is 0.136. The van der Waals surface area contributed by atoms with Gasteiger partial charge in [-0.15, -0.1) is 0 Å². The molecule has 3 rings (SSSR count). The number of aromatic nitrogens is 1. The van der Waals surface area contributed by atoms with Crippen LogP contribution in [0.2, 0.25) is 5.02 Å². The number of nitrogens with zero attached hydrogens (tertiary/aromatic N) is 3. The van der Waals surface area contributed by atoms with Crippen molar-refractivity contribution in [2.75, 3.05) is 11.9 Å². The molecule has 0 saturated carbocycles. The van der Waals surface area contributed by atoms with Gasteiger partial charge in [0.2, 0.25) is 0 Å². The molecule has 0 spiro atoms. The van der Waals surface area contributed by atoms with Gasteiger partial charge in [-0.1, -0.05) is 29.8 Å². The maximum Gasteiger partial charge on any atom is 0.345 e. The predicted octanol–water partition coefficient (Wildman–Crippen LogP) is 4.32. The largest absolute Gasteiger partial charge is 0.452 e. The van der Waals surface area contributed by atoms with E-state index in [-0.39, 0.29) is 22.0 Å². The number of amides is 1. The normalized spacial score (nSPS) is 10.3. The van der Waals surface area contributed by atoms with Crippen LogP contribution in [0.3, 0.4) is 0 Å². The molecule has 2 aromatic carbocycles. The highest BCUT2D eigenvalue weighted by Crippen LogP contribution is 2.30. The standard InChI is InChI=1S/C22H17ClN4O5/c1-13-14(2)26(16-6-4-3-5-7-16)21(18(13)11-24)25-20(28)12-32-22(29)17-10-15(23)8-9-19(17)27(30)31/h3-10H,12H2,1-2H3,(H,25,28). The van der Waals surface area contributed by atoms with Crippen molar-refractivity contribution in [3.05, 3.63) is 86.1 Å². The number of esters is 1. The molecule has 1 heterocycles. The minimum atomic E-state index is -1.07. The van der Waals surface area contributed by atoms with Crippen LogP contribution in [0.5, 0.6) is 0 Å². The van der Waals surface area contributed by atoms with E-state index >= 15 is 0 Å². The van der Waals surface area contributed by atoms with Gasteiger partial charge in [0.05, 0.1) is 10.5 Å². The number of anilines is 1. The molecule has 0 bridgehead atoms. The number of nitrogens with one attached hydrogen (secondary N) is 1. The van der Waals surface area contributed by atoms with E-state index in [4.69, 9.17) is 16.3 Å². The van der Waals surface area contributed by atoms with E-state index in [1.807, 2.05) is 37.3 Å². The van der Waals surface area contributed by atoms with Gasteiger partial charge in [0.25, 0.3) is 11.6 Å². The maximum atomic E-state index is 12.5. The van der Waals surface area contributed by atoms with E-state index in [1.165, 1.54) is 6.07 Å². The molecular formula is C22H17ClN4O5. The van der Waals surface area contributed by atoms with Gasteiger partial charge in [-0.2, -0.15) is 5.26 Å². The van der Waals surface area contributed by atoms with E-state index < -0.39 is 29.1 Å². The molecule has 3 aromatic rings. The number of para-hydroxylation sites is 1. The van der Waals surface area contributed by atoms with Crippen LogP contribution in [0, 0.1) is 35.3 Å². The maximum absolute atomic E-state index is 12.5. The molecule has 162 valence electrons. The SMILES string of the molecule is Cc1c(C#N)c(NC(=O)COC(=O)c2cc(Cl)ccc2[N+](=O)[O-])n(-c2ccccc2)c1C. The van der Waals surface area contributed by atoms with Gasteiger partial charge < -0.3 is 10.1 Å². The molecule has 0 aliphatic rings. The Bertz CT molecular complexity index is 1260. The van der Waals surface area contributed by atoms with E-state index in [2.05, 4.69) is 11.4 Å². The van der Waals surface area contributed by atoms with Gasteiger partial charge in [0, 0.05) is 22.5 Å². The second kappa shape index (κ2) is 9.32. The Balaban J connectivity index is 1.83. The number of ether oxygens (including phenoxy) is 1. The van der Waals surface area contributed by atoms with Crippen molar-refractivity contribution in [3.63, 3.8) is 0 Å². The first-order chi connectivity index (χ1) is 15.2. The average molecular weight is 453 g/mol. The minimum absolute atomic E-state index is 0.109. The van der Waals surface area contributed by atoms with Gasteiger partial charge in [0.15, 0.2) is 6.61 Å². The Morgan fingerprint density at radius 3 is 2.53 bits per heavy atom. The lowest BCUT2D eigenvalue weighted by Crippen LogP contribution is -2.23. The van der Waals surface area contributed by atoms with Crippen LogP contribution >= 0.6 is 11.6 Å². The highest BCUT2D eigenvalue weighted by Gasteiger charge is 2.24. The van der Waals surface area contributed by atoms with Crippen molar-refractivity contribution < 1.29 is 19.2 Å². The van der Waals surface area contributed by atoms with Crippen molar-refractivity contribution in [2.24, 2.45) is 0 Å². The first-order valence-corrected chi connectivity index (χ1v) is 9.70. The van der Waals surface area contributed by atoms with Crippen LogP contribution < -0.4 is 5.32 Å². The fourth-order valence-electron chi connectivity index (χ4n) is 3.17. The van der Waals surface area contributed by atoms with Gasteiger partial charge in [-0.05, 0) is 43.7 Å². The van der Waals surface area contributed by atoms with Crippen molar-refractivity contribution in [3.8, 4) is 11.8 Å². The monoisotopic (exact) mass is 452 g/mol. The lowest BCUT2D eigenvalue weighted by Gasteiger charge is -2.13. The molecular weight excluding hydrogens is 436 g/mol. The number of nitro groups is 1. The summed E-state index contributed by atoms with van der Waals surface area (Å²) in [5.41, 5.74) is 1.60. The van der Waals surface area contributed by atoms with E-state index in [1.54, 1.807) is 11.5 Å². The molecule has 1 aromatic heterocycles. The van der Waals surface area contributed by atoms with Gasteiger partial charge in [-0.25, -0.2) is 4.79 Å². The molecule has 1 N–H and O–H groups in total. The molecule has 10 heteroatoms. The number of hydrogen-bond donors (Lipinski definition) is 1. The third kappa shape index (κ3) is 4.45. The van der Waals surface area contributed by atoms with Crippen LogP contribution in [0.15, 0.2) is 48.5 Å². The number of hydrogen-bond acceptors (Lipinski definition) is 6. The quantitative estimate of drug-likeness (QED) is 0.337. The molecule has 0 unspecified atom stereocenters.